The second-order valence-corrected chi connectivity index (χ2v) is 4.43. The lowest BCUT2D eigenvalue weighted by Gasteiger charge is -2.23. The molecule has 0 spiro atoms. The van der Waals surface area contributed by atoms with E-state index < -0.39 is 0 Å². The van der Waals surface area contributed by atoms with Gasteiger partial charge < -0.3 is 10.2 Å². The number of likely N-dealkylation sites (N-methyl/N-ethyl adjacent to an activating group) is 1. The number of amides is 1. The smallest absolute Gasteiger partial charge is 0.253 e. The molecule has 86 valence electrons. The molecule has 0 bridgehead atoms. The molecule has 0 saturated carbocycles. The molecular formula is C13H18N2O. The maximum atomic E-state index is 12.2. The molecule has 1 saturated heterocycles. The van der Waals surface area contributed by atoms with Gasteiger partial charge in [-0.25, -0.2) is 0 Å². The molecule has 1 amide bonds. The van der Waals surface area contributed by atoms with E-state index in [2.05, 4.69) is 5.32 Å². The second kappa shape index (κ2) is 4.66. The molecule has 0 unspecified atom stereocenters. The average Bonchev–Trinajstić information content (AvgIpc) is 2.80. The van der Waals surface area contributed by atoms with Crippen molar-refractivity contribution in [2.24, 2.45) is 0 Å². The van der Waals surface area contributed by atoms with E-state index in [9.17, 15) is 4.79 Å². The Kier molecular flexibility index (Phi) is 3.25. The third-order valence-corrected chi connectivity index (χ3v) is 3.17. The van der Waals surface area contributed by atoms with Crippen LogP contribution >= 0.6 is 0 Å². The molecule has 2 rings (SSSR count). The first-order chi connectivity index (χ1) is 7.68. The first kappa shape index (κ1) is 11.1. The first-order valence-corrected chi connectivity index (χ1v) is 5.73. The summed E-state index contributed by atoms with van der Waals surface area (Å²) in [6.07, 6.45) is 1.05. The minimum Gasteiger partial charge on any atom is -0.337 e. The Hall–Kier alpha value is -1.35. The average molecular weight is 218 g/mol. The number of hydrogen-bond donors (Lipinski definition) is 1. The molecule has 0 aromatic heterocycles. The highest BCUT2D eigenvalue weighted by atomic mass is 16.2. The standard InChI is InChI=1S/C13H18N2O/c1-10-4-3-5-11(8-10)13(16)15(2)12-6-7-14-9-12/h3-5,8,12,14H,6-7,9H2,1-2H3/t12-/m0/s1. The number of aryl methyl sites for hydroxylation is 1. The number of carbonyl (C=O) groups excluding carboxylic acids is 1. The number of rotatable bonds is 2. The lowest BCUT2D eigenvalue weighted by molar-refractivity contribution is 0.0743. The van der Waals surface area contributed by atoms with Gasteiger partial charge in [-0.2, -0.15) is 0 Å². The van der Waals surface area contributed by atoms with Gasteiger partial charge in [0, 0.05) is 25.2 Å². The van der Waals surface area contributed by atoms with Crippen molar-refractivity contribution in [3.63, 3.8) is 0 Å². The first-order valence-electron chi connectivity index (χ1n) is 5.73. The minimum atomic E-state index is 0.123. The van der Waals surface area contributed by atoms with Crippen molar-refractivity contribution in [2.45, 2.75) is 19.4 Å². The van der Waals surface area contributed by atoms with Gasteiger partial charge in [0.25, 0.3) is 5.91 Å². The summed E-state index contributed by atoms with van der Waals surface area (Å²) in [6, 6.07) is 8.11. The number of nitrogens with zero attached hydrogens (tertiary/aromatic N) is 1. The fourth-order valence-corrected chi connectivity index (χ4v) is 2.12. The van der Waals surface area contributed by atoms with Crippen LogP contribution in [-0.2, 0) is 0 Å². The van der Waals surface area contributed by atoms with Gasteiger partial charge in [0.15, 0.2) is 0 Å². The Morgan fingerprint density at radius 2 is 2.31 bits per heavy atom. The zero-order valence-electron chi connectivity index (χ0n) is 9.86. The number of carbonyl (C=O) groups is 1. The number of benzene rings is 1. The predicted molar refractivity (Wildman–Crippen MR) is 64.5 cm³/mol. The summed E-state index contributed by atoms with van der Waals surface area (Å²) in [5.74, 6) is 0.123. The van der Waals surface area contributed by atoms with Gasteiger partial charge in [0.05, 0.1) is 0 Å². The second-order valence-electron chi connectivity index (χ2n) is 4.43. The van der Waals surface area contributed by atoms with Gasteiger partial charge in [-0.15, -0.1) is 0 Å². The zero-order valence-corrected chi connectivity index (χ0v) is 9.86. The normalized spacial score (nSPS) is 19.8. The van der Waals surface area contributed by atoms with Crippen LogP contribution in [0.5, 0.6) is 0 Å². The lowest BCUT2D eigenvalue weighted by Crippen LogP contribution is -2.38. The molecular weight excluding hydrogens is 200 g/mol. The molecule has 0 aliphatic carbocycles. The Labute approximate surface area is 96.5 Å². The maximum Gasteiger partial charge on any atom is 0.253 e. The van der Waals surface area contributed by atoms with Gasteiger partial charge in [-0.3, -0.25) is 4.79 Å². The van der Waals surface area contributed by atoms with Crippen molar-refractivity contribution in [1.82, 2.24) is 10.2 Å². The molecule has 1 fully saturated rings. The van der Waals surface area contributed by atoms with Crippen LogP contribution in [0.25, 0.3) is 0 Å². The highest BCUT2D eigenvalue weighted by Crippen LogP contribution is 2.12. The van der Waals surface area contributed by atoms with E-state index in [0.717, 1.165) is 30.6 Å². The summed E-state index contributed by atoms with van der Waals surface area (Å²) in [5.41, 5.74) is 1.91. The molecule has 1 aromatic rings. The van der Waals surface area contributed by atoms with E-state index in [1.165, 1.54) is 0 Å². The Morgan fingerprint density at radius 1 is 1.50 bits per heavy atom. The lowest BCUT2D eigenvalue weighted by atomic mass is 10.1. The van der Waals surface area contributed by atoms with Crippen LogP contribution in [-0.4, -0.2) is 37.0 Å². The van der Waals surface area contributed by atoms with E-state index in [1.54, 1.807) is 0 Å². The molecule has 1 aromatic carbocycles. The van der Waals surface area contributed by atoms with E-state index in [0.29, 0.717) is 6.04 Å². The molecule has 1 heterocycles. The summed E-state index contributed by atoms with van der Waals surface area (Å²) in [4.78, 5) is 14.0. The Morgan fingerprint density at radius 3 is 2.94 bits per heavy atom. The van der Waals surface area contributed by atoms with E-state index in [4.69, 9.17) is 0 Å². The highest BCUT2D eigenvalue weighted by Gasteiger charge is 2.23. The van der Waals surface area contributed by atoms with Crippen LogP contribution in [0.1, 0.15) is 22.3 Å². The van der Waals surface area contributed by atoms with Crippen LogP contribution in [0.2, 0.25) is 0 Å². The van der Waals surface area contributed by atoms with Gasteiger partial charge in [-0.1, -0.05) is 17.7 Å². The summed E-state index contributed by atoms with van der Waals surface area (Å²) in [7, 11) is 1.89. The van der Waals surface area contributed by atoms with Gasteiger partial charge >= 0.3 is 0 Å². The summed E-state index contributed by atoms with van der Waals surface area (Å²) < 4.78 is 0. The summed E-state index contributed by atoms with van der Waals surface area (Å²) in [6.45, 7) is 3.93. The minimum absolute atomic E-state index is 0.123. The summed E-state index contributed by atoms with van der Waals surface area (Å²) in [5, 5.41) is 3.28. The van der Waals surface area contributed by atoms with E-state index in [-0.39, 0.29) is 5.91 Å². The molecule has 3 heteroatoms. The molecule has 1 atom stereocenters. The maximum absolute atomic E-state index is 12.2. The zero-order chi connectivity index (χ0) is 11.5. The third-order valence-electron chi connectivity index (χ3n) is 3.17. The van der Waals surface area contributed by atoms with Crippen molar-refractivity contribution in [1.29, 1.82) is 0 Å². The molecule has 1 N–H and O–H groups in total. The number of nitrogens with one attached hydrogen (secondary N) is 1. The van der Waals surface area contributed by atoms with Crippen molar-refractivity contribution < 1.29 is 4.79 Å². The van der Waals surface area contributed by atoms with Gasteiger partial charge in [0.1, 0.15) is 0 Å². The molecule has 1 aliphatic rings. The molecule has 16 heavy (non-hydrogen) atoms. The topological polar surface area (TPSA) is 32.3 Å². The van der Waals surface area contributed by atoms with Crippen molar-refractivity contribution >= 4 is 5.91 Å². The monoisotopic (exact) mass is 218 g/mol. The van der Waals surface area contributed by atoms with Crippen LogP contribution in [0, 0.1) is 6.92 Å². The third kappa shape index (κ3) is 2.25. The SMILES string of the molecule is Cc1cccc(C(=O)N(C)[C@H]2CCNC2)c1. The van der Waals surface area contributed by atoms with Gasteiger partial charge in [-0.05, 0) is 32.0 Å². The van der Waals surface area contributed by atoms with Crippen LogP contribution in [0.3, 0.4) is 0 Å². The van der Waals surface area contributed by atoms with Crippen molar-refractivity contribution in [3.8, 4) is 0 Å². The van der Waals surface area contributed by atoms with Crippen LogP contribution < -0.4 is 5.32 Å². The van der Waals surface area contributed by atoms with Crippen LogP contribution in [0.15, 0.2) is 24.3 Å². The van der Waals surface area contributed by atoms with E-state index in [1.807, 2.05) is 43.1 Å². The van der Waals surface area contributed by atoms with Gasteiger partial charge in [0.2, 0.25) is 0 Å². The van der Waals surface area contributed by atoms with Crippen molar-refractivity contribution in [2.75, 3.05) is 20.1 Å². The molecule has 0 radical (unpaired) electrons. The number of hydrogen-bond acceptors (Lipinski definition) is 2. The van der Waals surface area contributed by atoms with Crippen molar-refractivity contribution in [3.05, 3.63) is 35.4 Å². The Bertz CT molecular complexity index is 383. The summed E-state index contributed by atoms with van der Waals surface area (Å²) >= 11 is 0. The van der Waals surface area contributed by atoms with E-state index >= 15 is 0 Å². The fourth-order valence-electron chi connectivity index (χ4n) is 2.12. The van der Waals surface area contributed by atoms with Crippen LogP contribution in [0.4, 0.5) is 0 Å². The molecule has 1 aliphatic heterocycles. The molecule has 3 nitrogen and oxygen atoms in total. The highest BCUT2D eigenvalue weighted by molar-refractivity contribution is 5.94. The largest absolute Gasteiger partial charge is 0.337 e. The Balaban J connectivity index is 2.12. The predicted octanol–water partition coefficient (Wildman–Crippen LogP) is 1.43. The quantitative estimate of drug-likeness (QED) is 0.814. The fraction of sp³-hybridized carbons (Fsp3) is 0.462.